The lowest BCUT2D eigenvalue weighted by atomic mass is 10.1. The molecule has 0 heterocycles. The molecule has 5 heteroatoms. The summed E-state index contributed by atoms with van der Waals surface area (Å²) in [5.41, 5.74) is 1.94. The first-order chi connectivity index (χ1) is 12.6. The Hall–Kier alpha value is -2.82. The molecule has 0 saturated carbocycles. The van der Waals surface area contributed by atoms with E-state index in [0.29, 0.717) is 18.7 Å². The van der Waals surface area contributed by atoms with E-state index in [1.165, 1.54) is 0 Å². The second-order valence-corrected chi connectivity index (χ2v) is 6.10. The minimum atomic E-state index is -0.534. The molecule has 0 aliphatic carbocycles. The third-order valence-electron chi connectivity index (χ3n) is 4.27. The Morgan fingerprint density at radius 1 is 1.08 bits per heavy atom. The predicted octanol–water partition coefficient (Wildman–Crippen LogP) is 2.93. The van der Waals surface area contributed by atoms with Crippen molar-refractivity contribution in [3.8, 4) is 5.75 Å². The first-order valence-corrected chi connectivity index (χ1v) is 8.80. The molecule has 0 bridgehead atoms. The summed E-state index contributed by atoms with van der Waals surface area (Å²) in [5.74, 6) is 0.286. The Kier molecular flexibility index (Phi) is 7.21. The van der Waals surface area contributed by atoms with Crippen molar-refractivity contribution in [3.05, 3.63) is 65.7 Å². The molecular weight excluding hydrogens is 328 g/mol. The van der Waals surface area contributed by atoms with Gasteiger partial charge in [0.15, 0.2) is 6.61 Å². The zero-order chi connectivity index (χ0) is 18.9. The van der Waals surface area contributed by atoms with Crippen molar-refractivity contribution >= 4 is 11.8 Å². The minimum absolute atomic E-state index is 0.106. The van der Waals surface area contributed by atoms with Crippen LogP contribution < -0.4 is 10.1 Å². The predicted molar refractivity (Wildman–Crippen MR) is 102 cm³/mol. The molecule has 26 heavy (non-hydrogen) atoms. The molecule has 1 atom stereocenters. The maximum atomic E-state index is 12.9. The van der Waals surface area contributed by atoms with Crippen molar-refractivity contribution in [1.82, 2.24) is 10.2 Å². The molecular formula is C21H26N2O3. The average Bonchev–Trinajstić information content (AvgIpc) is 2.67. The number of nitrogens with zero attached hydrogens (tertiary/aromatic N) is 1. The van der Waals surface area contributed by atoms with Gasteiger partial charge in [-0.2, -0.15) is 0 Å². The van der Waals surface area contributed by atoms with Gasteiger partial charge < -0.3 is 15.0 Å². The summed E-state index contributed by atoms with van der Waals surface area (Å²) in [5, 5.41) is 2.65. The van der Waals surface area contributed by atoms with E-state index >= 15 is 0 Å². The fourth-order valence-corrected chi connectivity index (χ4v) is 2.81. The number of rotatable bonds is 8. The van der Waals surface area contributed by atoms with Crippen LogP contribution >= 0.6 is 0 Å². The SMILES string of the molecule is CCC(C(=O)NC)N(Cc1ccccc1)C(=O)COc1ccccc1C. The maximum Gasteiger partial charge on any atom is 0.261 e. The number of hydrogen-bond acceptors (Lipinski definition) is 3. The number of carbonyl (C=O) groups is 2. The Morgan fingerprint density at radius 2 is 1.73 bits per heavy atom. The molecule has 0 fully saturated rings. The number of amides is 2. The molecule has 2 rings (SSSR count). The third kappa shape index (κ3) is 5.09. The highest BCUT2D eigenvalue weighted by molar-refractivity contribution is 5.88. The van der Waals surface area contributed by atoms with E-state index in [4.69, 9.17) is 4.74 Å². The van der Waals surface area contributed by atoms with Crippen LogP contribution in [0.1, 0.15) is 24.5 Å². The molecule has 0 aliphatic rings. The highest BCUT2D eigenvalue weighted by Crippen LogP contribution is 2.17. The summed E-state index contributed by atoms with van der Waals surface area (Å²) in [6, 6.07) is 16.7. The van der Waals surface area contributed by atoms with Gasteiger partial charge in [0.05, 0.1) is 0 Å². The Morgan fingerprint density at radius 3 is 2.35 bits per heavy atom. The van der Waals surface area contributed by atoms with Crippen LogP contribution in [0.5, 0.6) is 5.75 Å². The fourth-order valence-electron chi connectivity index (χ4n) is 2.81. The number of benzene rings is 2. The molecule has 0 radical (unpaired) electrons. The summed E-state index contributed by atoms with van der Waals surface area (Å²) >= 11 is 0. The van der Waals surface area contributed by atoms with Gasteiger partial charge in [0.25, 0.3) is 5.91 Å². The molecule has 5 nitrogen and oxygen atoms in total. The van der Waals surface area contributed by atoms with Crippen LogP contribution in [0.15, 0.2) is 54.6 Å². The van der Waals surface area contributed by atoms with E-state index < -0.39 is 6.04 Å². The van der Waals surface area contributed by atoms with Crippen molar-refractivity contribution in [2.24, 2.45) is 0 Å². The molecule has 0 spiro atoms. The number of hydrogen-bond donors (Lipinski definition) is 1. The largest absolute Gasteiger partial charge is 0.484 e. The van der Waals surface area contributed by atoms with Gasteiger partial charge in [-0.3, -0.25) is 9.59 Å². The number of nitrogens with one attached hydrogen (secondary N) is 1. The quantitative estimate of drug-likeness (QED) is 0.793. The molecule has 2 aromatic carbocycles. The van der Waals surface area contributed by atoms with Crippen LogP contribution in [0, 0.1) is 6.92 Å². The molecule has 0 saturated heterocycles. The second kappa shape index (κ2) is 9.61. The van der Waals surface area contributed by atoms with E-state index in [9.17, 15) is 9.59 Å². The van der Waals surface area contributed by atoms with Crippen LogP contribution in [0.3, 0.4) is 0 Å². The van der Waals surface area contributed by atoms with Gasteiger partial charge in [-0.1, -0.05) is 55.5 Å². The van der Waals surface area contributed by atoms with Crippen molar-refractivity contribution in [3.63, 3.8) is 0 Å². The minimum Gasteiger partial charge on any atom is -0.484 e. The molecule has 138 valence electrons. The summed E-state index contributed by atoms with van der Waals surface area (Å²) in [6.07, 6.45) is 0.530. The molecule has 2 aromatic rings. The average molecular weight is 354 g/mol. The van der Waals surface area contributed by atoms with Gasteiger partial charge in [0.2, 0.25) is 5.91 Å². The summed E-state index contributed by atoms with van der Waals surface area (Å²) in [6.45, 7) is 4.09. The van der Waals surface area contributed by atoms with E-state index in [-0.39, 0.29) is 18.4 Å². The molecule has 0 aromatic heterocycles. The first-order valence-electron chi connectivity index (χ1n) is 8.80. The lowest BCUT2D eigenvalue weighted by Crippen LogP contribution is -2.49. The van der Waals surface area contributed by atoms with Gasteiger partial charge in [-0.25, -0.2) is 0 Å². The smallest absolute Gasteiger partial charge is 0.261 e. The van der Waals surface area contributed by atoms with Crippen LogP contribution in [-0.4, -0.2) is 36.4 Å². The normalized spacial score (nSPS) is 11.5. The van der Waals surface area contributed by atoms with Gasteiger partial charge in [0, 0.05) is 13.6 Å². The summed E-state index contributed by atoms with van der Waals surface area (Å²) in [7, 11) is 1.58. The number of ether oxygens (including phenoxy) is 1. The number of para-hydroxylation sites is 1. The van der Waals surface area contributed by atoms with Crippen molar-refractivity contribution in [2.75, 3.05) is 13.7 Å². The second-order valence-electron chi connectivity index (χ2n) is 6.10. The van der Waals surface area contributed by atoms with Gasteiger partial charge in [-0.05, 0) is 30.5 Å². The lowest BCUT2D eigenvalue weighted by Gasteiger charge is -2.30. The van der Waals surface area contributed by atoms with Crippen LogP contribution in [0.2, 0.25) is 0 Å². The topological polar surface area (TPSA) is 58.6 Å². The Bertz CT molecular complexity index is 731. The standard InChI is InChI=1S/C21H26N2O3/c1-4-18(21(25)22-3)23(14-17-11-6-5-7-12-17)20(24)15-26-19-13-9-8-10-16(19)2/h5-13,18H,4,14-15H2,1-3H3,(H,22,25). The van der Waals surface area contributed by atoms with E-state index in [0.717, 1.165) is 11.1 Å². The zero-order valence-electron chi connectivity index (χ0n) is 15.6. The van der Waals surface area contributed by atoms with Crippen molar-refractivity contribution in [1.29, 1.82) is 0 Å². The van der Waals surface area contributed by atoms with Crippen LogP contribution in [0.4, 0.5) is 0 Å². The third-order valence-corrected chi connectivity index (χ3v) is 4.27. The first kappa shape index (κ1) is 19.5. The van der Waals surface area contributed by atoms with Gasteiger partial charge in [-0.15, -0.1) is 0 Å². The van der Waals surface area contributed by atoms with Gasteiger partial charge >= 0.3 is 0 Å². The summed E-state index contributed by atoms with van der Waals surface area (Å²) in [4.78, 5) is 26.7. The van der Waals surface area contributed by atoms with Crippen LogP contribution in [-0.2, 0) is 16.1 Å². The highest BCUT2D eigenvalue weighted by atomic mass is 16.5. The van der Waals surface area contributed by atoms with E-state index in [2.05, 4.69) is 5.32 Å². The Balaban J connectivity index is 2.17. The Labute approximate surface area is 155 Å². The maximum absolute atomic E-state index is 12.9. The van der Waals surface area contributed by atoms with E-state index in [1.54, 1.807) is 11.9 Å². The molecule has 1 unspecified atom stereocenters. The van der Waals surface area contributed by atoms with Crippen molar-refractivity contribution < 1.29 is 14.3 Å². The van der Waals surface area contributed by atoms with E-state index in [1.807, 2.05) is 68.4 Å². The molecule has 2 amide bonds. The number of aryl methyl sites for hydroxylation is 1. The zero-order valence-corrected chi connectivity index (χ0v) is 15.6. The highest BCUT2D eigenvalue weighted by Gasteiger charge is 2.28. The monoisotopic (exact) mass is 354 g/mol. The molecule has 1 N–H and O–H groups in total. The fraction of sp³-hybridized carbons (Fsp3) is 0.333. The van der Waals surface area contributed by atoms with Gasteiger partial charge in [0.1, 0.15) is 11.8 Å². The summed E-state index contributed by atoms with van der Waals surface area (Å²) < 4.78 is 5.70. The number of carbonyl (C=O) groups excluding carboxylic acids is 2. The lowest BCUT2D eigenvalue weighted by molar-refractivity contribution is -0.142. The number of likely N-dealkylation sites (N-methyl/N-ethyl adjacent to an activating group) is 1. The van der Waals surface area contributed by atoms with Crippen molar-refractivity contribution in [2.45, 2.75) is 32.9 Å². The molecule has 0 aliphatic heterocycles. The van der Waals surface area contributed by atoms with Crippen LogP contribution in [0.25, 0.3) is 0 Å².